The summed E-state index contributed by atoms with van der Waals surface area (Å²) in [6.45, 7) is 1.62. The number of anilines is 1. The fourth-order valence-electron chi connectivity index (χ4n) is 3.38. The molecule has 0 N–H and O–H groups in total. The van der Waals surface area contributed by atoms with E-state index in [4.69, 9.17) is 16.8 Å². The van der Waals surface area contributed by atoms with Crippen LogP contribution in [0.3, 0.4) is 0 Å². The van der Waals surface area contributed by atoms with Gasteiger partial charge in [-0.25, -0.2) is 9.40 Å². The fourth-order valence-corrected chi connectivity index (χ4v) is 3.45. The minimum atomic E-state index is 0.778. The molecule has 0 amide bonds. The van der Waals surface area contributed by atoms with Gasteiger partial charge in [-0.05, 0) is 40.7 Å². The second kappa shape index (κ2) is 7.55. The minimum absolute atomic E-state index is 0.778. The first-order valence-electron chi connectivity index (χ1n) is 9.09. The molecular weight excluding hydrogens is 354 g/mol. The molecule has 136 valence electrons. The van der Waals surface area contributed by atoms with E-state index < -0.39 is 0 Å². The van der Waals surface area contributed by atoms with Crippen molar-refractivity contribution in [1.29, 1.82) is 0 Å². The van der Waals surface area contributed by atoms with Gasteiger partial charge in [-0.1, -0.05) is 54.6 Å². The summed E-state index contributed by atoms with van der Waals surface area (Å²) < 4.78 is 1.68. The number of rotatable bonds is 5. The highest BCUT2D eigenvalue weighted by Gasteiger charge is 2.12. The first-order chi connectivity index (χ1) is 13.1. The van der Waals surface area contributed by atoms with Crippen molar-refractivity contribution in [3.05, 3.63) is 72.8 Å². The van der Waals surface area contributed by atoms with Crippen LogP contribution in [0.2, 0.25) is 0 Å². The number of hydrogen-bond donors (Lipinski definition) is 0. The van der Waals surface area contributed by atoms with Gasteiger partial charge in [0, 0.05) is 43.8 Å². The van der Waals surface area contributed by atoms with Gasteiger partial charge < -0.3 is 4.90 Å². The average molecular weight is 376 g/mol. The molecule has 1 aromatic heterocycles. The smallest absolute Gasteiger partial charge is 0.0730 e. The Hall–Kier alpha value is -2.62. The lowest BCUT2D eigenvalue weighted by Gasteiger charge is -2.23. The second-order valence-electron chi connectivity index (χ2n) is 6.86. The summed E-state index contributed by atoms with van der Waals surface area (Å²) in [4.78, 5) is 7.17. The van der Waals surface area contributed by atoms with Crippen LogP contribution in [0, 0.1) is 0 Å². The number of benzene rings is 3. The predicted molar refractivity (Wildman–Crippen MR) is 116 cm³/mol. The van der Waals surface area contributed by atoms with Crippen LogP contribution < -0.4 is 4.90 Å². The molecule has 0 aliphatic rings. The molecule has 1 heterocycles. The van der Waals surface area contributed by atoms with Gasteiger partial charge in [0.2, 0.25) is 0 Å². The van der Waals surface area contributed by atoms with Gasteiger partial charge in [-0.2, -0.15) is 0 Å². The third-order valence-corrected chi connectivity index (χ3v) is 5.06. The molecular formula is C23H22ClN3. The number of aromatic nitrogens is 1. The highest BCUT2D eigenvalue weighted by molar-refractivity contribution is 6.13. The molecule has 0 fully saturated rings. The van der Waals surface area contributed by atoms with E-state index in [9.17, 15) is 0 Å². The zero-order valence-electron chi connectivity index (χ0n) is 15.6. The Morgan fingerprint density at radius 1 is 0.815 bits per heavy atom. The van der Waals surface area contributed by atoms with Gasteiger partial charge >= 0.3 is 0 Å². The van der Waals surface area contributed by atoms with Gasteiger partial charge in [0.25, 0.3) is 0 Å². The Morgan fingerprint density at radius 2 is 1.56 bits per heavy atom. The van der Waals surface area contributed by atoms with Gasteiger partial charge in [0.05, 0.1) is 11.2 Å². The monoisotopic (exact) mass is 375 g/mol. The number of halogens is 1. The van der Waals surface area contributed by atoms with Crippen LogP contribution in [0.15, 0.2) is 72.8 Å². The van der Waals surface area contributed by atoms with Crippen LogP contribution in [0.1, 0.15) is 0 Å². The molecule has 4 heteroatoms. The molecule has 0 saturated heterocycles. The first-order valence-corrected chi connectivity index (χ1v) is 9.42. The molecule has 4 rings (SSSR count). The quantitative estimate of drug-likeness (QED) is 0.425. The Morgan fingerprint density at radius 3 is 2.37 bits per heavy atom. The standard InChI is InChI=1S/C23H22ClN3/c1-26(13-14-27(2)24)23-16-22(25-21-10-6-5-9-20(21)23)19-12-11-17-7-3-4-8-18(17)15-19/h3-12,15-16H,13-14H2,1-2H3. The van der Waals surface area contributed by atoms with Gasteiger partial charge in [0.15, 0.2) is 0 Å². The predicted octanol–water partition coefficient (Wildman–Crippen LogP) is 5.58. The average Bonchev–Trinajstić information content (AvgIpc) is 2.70. The number of fused-ring (bicyclic) bond motifs is 2. The molecule has 0 spiro atoms. The molecule has 0 bridgehead atoms. The maximum atomic E-state index is 6.00. The van der Waals surface area contributed by atoms with Crippen LogP contribution in [0.5, 0.6) is 0 Å². The third-order valence-electron chi connectivity index (χ3n) is 4.89. The maximum Gasteiger partial charge on any atom is 0.0730 e. The van der Waals surface area contributed by atoms with E-state index in [1.807, 2.05) is 13.1 Å². The van der Waals surface area contributed by atoms with E-state index in [0.29, 0.717) is 0 Å². The molecule has 0 saturated carbocycles. The summed E-state index contributed by atoms with van der Waals surface area (Å²) >= 11 is 6.00. The summed E-state index contributed by atoms with van der Waals surface area (Å²) in [7, 11) is 3.98. The highest BCUT2D eigenvalue weighted by atomic mass is 35.5. The van der Waals surface area contributed by atoms with Crippen LogP contribution in [0.4, 0.5) is 5.69 Å². The summed E-state index contributed by atoms with van der Waals surface area (Å²) in [5, 5.41) is 3.62. The topological polar surface area (TPSA) is 19.4 Å². The molecule has 0 aliphatic heterocycles. The van der Waals surface area contributed by atoms with E-state index in [-0.39, 0.29) is 0 Å². The highest BCUT2D eigenvalue weighted by Crippen LogP contribution is 2.31. The van der Waals surface area contributed by atoms with Crippen LogP contribution in [-0.4, -0.2) is 36.6 Å². The van der Waals surface area contributed by atoms with Gasteiger partial charge in [-0.3, -0.25) is 0 Å². The van der Waals surface area contributed by atoms with E-state index in [1.54, 1.807) is 4.42 Å². The van der Waals surface area contributed by atoms with E-state index in [2.05, 4.69) is 78.7 Å². The second-order valence-corrected chi connectivity index (χ2v) is 7.43. The largest absolute Gasteiger partial charge is 0.373 e. The number of hydrogen-bond acceptors (Lipinski definition) is 3. The lowest BCUT2D eigenvalue weighted by molar-refractivity contribution is 0.551. The Labute approximate surface area is 164 Å². The van der Waals surface area contributed by atoms with Crippen molar-refractivity contribution in [2.24, 2.45) is 0 Å². The van der Waals surface area contributed by atoms with E-state index in [0.717, 1.165) is 35.2 Å². The molecule has 0 unspecified atom stereocenters. The molecule has 0 radical (unpaired) electrons. The van der Waals surface area contributed by atoms with Crippen molar-refractivity contribution in [2.45, 2.75) is 0 Å². The zero-order valence-corrected chi connectivity index (χ0v) is 16.3. The summed E-state index contributed by atoms with van der Waals surface area (Å²) in [6.07, 6.45) is 0. The number of pyridine rings is 1. The van der Waals surface area contributed by atoms with Gasteiger partial charge in [-0.15, -0.1) is 0 Å². The third kappa shape index (κ3) is 3.75. The normalized spacial score (nSPS) is 11.4. The summed E-state index contributed by atoms with van der Waals surface area (Å²) in [5.41, 5.74) is 4.29. The first kappa shape index (κ1) is 17.8. The van der Waals surface area contributed by atoms with Crippen molar-refractivity contribution < 1.29 is 0 Å². The molecule has 3 nitrogen and oxygen atoms in total. The molecule has 4 aromatic rings. The molecule has 0 atom stereocenters. The number of likely N-dealkylation sites (N-methyl/N-ethyl adjacent to an activating group) is 2. The van der Waals surface area contributed by atoms with Crippen LogP contribution in [-0.2, 0) is 0 Å². The Bertz CT molecular complexity index is 1090. The SMILES string of the molecule is CN(Cl)CCN(C)c1cc(-c2ccc3ccccc3c2)nc2ccccc12. The lowest BCUT2D eigenvalue weighted by atomic mass is 10.0. The van der Waals surface area contributed by atoms with Crippen molar-refractivity contribution in [3.8, 4) is 11.3 Å². The Balaban J connectivity index is 1.82. The summed E-state index contributed by atoms with van der Waals surface area (Å²) in [6, 6.07) is 25.4. The fraction of sp³-hybridized carbons (Fsp3) is 0.174. The van der Waals surface area contributed by atoms with Crippen molar-refractivity contribution in [1.82, 2.24) is 9.40 Å². The number of nitrogens with zero attached hydrogens (tertiary/aromatic N) is 3. The molecule has 27 heavy (non-hydrogen) atoms. The van der Waals surface area contributed by atoms with Crippen LogP contribution in [0.25, 0.3) is 32.9 Å². The van der Waals surface area contributed by atoms with E-state index in [1.165, 1.54) is 16.5 Å². The van der Waals surface area contributed by atoms with Gasteiger partial charge in [0.1, 0.15) is 0 Å². The van der Waals surface area contributed by atoms with Crippen molar-refractivity contribution >= 4 is 39.1 Å². The molecule has 0 aliphatic carbocycles. The lowest BCUT2D eigenvalue weighted by Crippen LogP contribution is -2.26. The molecule has 3 aromatic carbocycles. The van der Waals surface area contributed by atoms with Crippen molar-refractivity contribution in [2.75, 3.05) is 32.1 Å². The van der Waals surface area contributed by atoms with Crippen molar-refractivity contribution in [3.63, 3.8) is 0 Å². The number of para-hydroxylation sites is 1. The van der Waals surface area contributed by atoms with Crippen LogP contribution >= 0.6 is 11.8 Å². The zero-order chi connectivity index (χ0) is 18.8. The summed E-state index contributed by atoms with van der Waals surface area (Å²) in [5.74, 6) is 0. The Kier molecular flexibility index (Phi) is 4.97. The van der Waals surface area contributed by atoms with E-state index >= 15 is 0 Å². The maximum absolute atomic E-state index is 6.00. The minimum Gasteiger partial charge on any atom is -0.373 e.